The van der Waals surface area contributed by atoms with E-state index in [2.05, 4.69) is 26.7 Å². The first-order valence-electron chi connectivity index (χ1n) is 13.6. The second kappa shape index (κ2) is 11.7. The number of H-pyrrole nitrogens is 1. The van der Waals surface area contributed by atoms with Crippen LogP contribution in [0.1, 0.15) is 49.8 Å². The Morgan fingerprint density at radius 2 is 1.72 bits per heavy atom. The zero-order valence-electron chi connectivity index (χ0n) is 22.5. The third-order valence-corrected chi connectivity index (χ3v) is 8.48. The normalized spacial score (nSPS) is 15.3. The van der Waals surface area contributed by atoms with Crippen LogP contribution < -0.4 is 4.72 Å². The van der Waals surface area contributed by atoms with E-state index < -0.39 is 10.0 Å². The van der Waals surface area contributed by atoms with Crippen molar-refractivity contribution in [1.29, 1.82) is 0 Å². The van der Waals surface area contributed by atoms with E-state index in [1.54, 1.807) is 18.2 Å². The smallest absolute Gasteiger partial charge is 0.240 e. The van der Waals surface area contributed by atoms with Crippen molar-refractivity contribution in [2.75, 3.05) is 19.6 Å². The SMILES string of the molecule is CC(C)CNS(=O)(=O)c1ccc2[nH]c(O)c(C(=Nc3ccc(CN4CCCCC4)cc3)c3ccccc3)c2c1. The Morgan fingerprint density at radius 3 is 2.41 bits per heavy atom. The van der Waals surface area contributed by atoms with Gasteiger partial charge in [-0.2, -0.15) is 0 Å². The average molecular weight is 545 g/mol. The molecule has 1 aromatic heterocycles. The lowest BCUT2D eigenvalue weighted by Crippen LogP contribution is -2.28. The fourth-order valence-electron chi connectivity index (χ4n) is 4.96. The Morgan fingerprint density at radius 1 is 1.00 bits per heavy atom. The minimum atomic E-state index is -3.71. The maximum Gasteiger partial charge on any atom is 0.240 e. The molecule has 0 saturated carbocycles. The van der Waals surface area contributed by atoms with Crippen molar-refractivity contribution >= 4 is 32.3 Å². The van der Waals surface area contributed by atoms with Crippen molar-refractivity contribution in [2.45, 2.75) is 44.6 Å². The van der Waals surface area contributed by atoms with Crippen molar-refractivity contribution < 1.29 is 13.5 Å². The van der Waals surface area contributed by atoms with E-state index in [1.165, 1.54) is 24.8 Å². The van der Waals surface area contributed by atoms with Crippen LogP contribution in [0.4, 0.5) is 5.69 Å². The first-order chi connectivity index (χ1) is 18.8. The van der Waals surface area contributed by atoms with Crippen molar-refractivity contribution in [3.05, 3.63) is 89.5 Å². The first kappa shape index (κ1) is 27.1. The van der Waals surface area contributed by atoms with Crippen molar-refractivity contribution in [1.82, 2.24) is 14.6 Å². The zero-order chi connectivity index (χ0) is 27.4. The number of fused-ring (bicyclic) bond motifs is 1. The summed E-state index contributed by atoms with van der Waals surface area (Å²) in [6, 6.07) is 22.7. The second-order valence-electron chi connectivity index (χ2n) is 10.6. The summed E-state index contributed by atoms with van der Waals surface area (Å²) in [5.74, 6) is 0.123. The van der Waals surface area contributed by atoms with E-state index in [0.29, 0.717) is 28.7 Å². The quantitative estimate of drug-likeness (QED) is 0.226. The number of aliphatic imine (C=N–C) groups is 1. The lowest BCUT2D eigenvalue weighted by molar-refractivity contribution is 0.221. The van der Waals surface area contributed by atoms with E-state index in [-0.39, 0.29) is 16.7 Å². The van der Waals surface area contributed by atoms with E-state index >= 15 is 0 Å². The Balaban J connectivity index is 1.55. The lowest BCUT2D eigenvalue weighted by Gasteiger charge is -2.26. The van der Waals surface area contributed by atoms with Gasteiger partial charge in [0.25, 0.3) is 0 Å². The number of sulfonamides is 1. The summed E-state index contributed by atoms with van der Waals surface area (Å²) < 4.78 is 28.6. The molecule has 0 radical (unpaired) electrons. The van der Waals surface area contributed by atoms with Gasteiger partial charge in [-0.05, 0) is 67.7 Å². The number of aromatic nitrogens is 1. The van der Waals surface area contributed by atoms with Gasteiger partial charge in [0.05, 0.1) is 21.9 Å². The van der Waals surface area contributed by atoms with Crippen molar-refractivity contribution in [3.8, 4) is 5.88 Å². The highest BCUT2D eigenvalue weighted by molar-refractivity contribution is 7.89. The molecule has 0 aliphatic carbocycles. The summed E-state index contributed by atoms with van der Waals surface area (Å²) in [7, 11) is -3.71. The third kappa shape index (κ3) is 6.41. The van der Waals surface area contributed by atoms with E-state index in [4.69, 9.17) is 4.99 Å². The number of hydrogen-bond acceptors (Lipinski definition) is 5. The van der Waals surface area contributed by atoms with Gasteiger partial charge in [0.2, 0.25) is 10.0 Å². The van der Waals surface area contributed by atoms with E-state index in [1.807, 2.05) is 56.3 Å². The molecule has 0 amide bonds. The van der Waals surface area contributed by atoms with E-state index in [9.17, 15) is 13.5 Å². The highest BCUT2D eigenvalue weighted by atomic mass is 32.2. The number of piperidine rings is 1. The Labute approximate surface area is 230 Å². The maximum absolute atomic E-state index is 13.0. The highest BCUT2D eigenvalue weighted by Gasteiger charge is 2.22. The number of nitrogens with one attached hydrogen (secondary N) is 2. The molecule has 3 aromatic carbocycles. The molecule has 4 aromatic rings. The van der Waals surface area contributed by atoms with Crippen LogP contribution in [0.15, 0.2) is 82.7 Å². The predicted octanol–water partition coefficient (Wildman–Crippen LogP) is 5.96. The first-order valence-corrected chi connectivity index (χ1v) is 15.1. The van der Waals surface area contributed by atoms with Crippen molar-refractivity contribution in [2.24, 2.45) is 10.9 Å². The molecule has 39 heavy (non-hydrogen) atoms. The van der Waals surface area contributed by atoms with Gasteiger partial charge in [-0.1, -0.05) is 62.7 Å². The fraction of sp³-hybridized carbons (Fsp3) is 0.323. The van der Waals surface area contributed by atoms with E-state index in [0.717, 1.165) is 30.9 Å². The molecule has 1 saturated heterocycles. The number of aromatic hydroxyl groups is 1. The summed E-state index contributed by atoms with van der Waals surface area (Å²) in [4.78, 5) is 10.6. The van der Waals surface area contributed by atoms with Gasteiger partial charge >= 0.3 is 0 Å². The number of likely N-dealkylation sites (tertiary alicyclic amines) is 1. The summed E-state index contributed by atoms with van der Waals surface area (Å²) in [5.41, 5.74) is 4.48. The lowest BCUT2D eigenvalue weighted by atomic mass is 10.0. The number of nitrogens with zero attached hydrogens (tertiary/aromatic N) is 2. The molecule has 1 aliphatic rings. The molecule has 0 spiro atoms. The Bertz CT molecular complexity index is 1550. The Hall–Kier alpha value is -3.46. The molecule has 0 unspecified atom stereocenters. The molecular weight excluding hydrogens is 508 g/mol. The number of aromatic amines is 1. The average Bonchev–Trinajstić information content (AvgIpc) is 3.27. The number of benzene rings is 3. The van der Waals surface area contributed by atoms with Gasteiger partial charge in [0, 0.05) is 29.6 Å². The van der Waals surface area contributed by atoms with Crippen LogP contribution in [0.3, 0.4) is 0 Å². The monoisotopic (exact) mass is 544 g/mol. The molecule has 2 heterocycles. The van der Waals surface area contributed by atoms with Gasteiger partial charge in [-0.3, -0.25) is 4.90 Å². The predicted molar refractivity (Wildman–Crippen MR) is 157 cm³/mol. The minimum Gasteiger partial charge on any atom is -0.494 e. The third-order valence-electron chi connectivity index (χ3n) is 7.06. The van der Waals surface area contributed by atoms with Crippen LogP contribution in [0, 0.1) is 5.92 Å². The van der Waals surface area contributed by atoms with Gasteiger partial charge in [0.15, 0.2) is 5.88 Å². The van der Waals surface area contributed by atoms with Gasteiger partial charge in [-0.25, -0.2) is 18.1 Å². The summed E-state index contributed by atoms with van der Waals surface area (Å²) in [6.45, 7) is 7.47. The highest BCUT2D eigenvalue weighted by Crippen LogP contribution is 2.33. The van der Waals surface area contributed by atoms with Crippen LogP contribution in [0.2, 0.25) is 0 Å². The fourth-order valence-corrected chi connectivity index (χ4v) is 6.20. The number of rotatable bonds is 9. The standard InChI is InChI=1S/C31H36N4O3S/c1-22(2)20-32-39(37,38)26-15-16-28-27(19-26)29(31(36)34-28)30(24-9-5-3-6-10-24)33-25-13-11-23(12-14-25)21-35-17-7-4-8-18-35/h3,5-6,9-16,19,22,32,34,36H,4,7-8,17-18,20-21H2,1-2H3. The molecule has 0 atom stereocenters. The van der Waals surface area contributed by atoms with Crippen LogP contribution in [-0.4, -0.2) is 48.8 Å². The van der Waals surface area contributed by atoms with Crippen LogP contribution in [-0.2, 0) is 16.6 Å². The largest absolute Gasteiger partial charge is 0.494 e. The molecular formula is C31H36N4O3S. The molecule has 5 rings (SSSR count). The Kier molecular flexibility index (Phi) is 8.16. The minimum absolute atomic E-state index is 0.0565. The van der Waals surface area contributed by atoms with Crippen LogP contribution >= 0.6 is 0 Å². The summed E-state index contributed by atoms with van der Waals surface area (Å²) in [6.07, 6.45) is 3.83. The summed E-state index contributed by atoms with van der Waals surface area (Å²) >= 11 is 0. The van der Waals surface area contributed by atoms with Crippen LogP contribution in [0.5, 0.6) is 5.88 Å². The van der Waals surface area contributed by atoms with Gasteiger partial charge < -0.3 is 10.1 Å². The molecule has 3 N–H and O–H groups in total. The molecule has 1 aliphatic heterocycles. The molecule has 204 valence electrons. The maximum atomic E-state index is 13.0. The molecule has 7 nitrogen and oxygen atoms in total. The molecule has 0 bridgehead atoms. The van der Waals surface area contributed by atoms with Gasteiger partial charge in [0.1, 0.15) is 0 Å². The topological polar surface area (TPSA) is 97.8 Å². The summed E-state index contributed by atoms with van der Waals surface area (Å²) in [5, 5.41) is 11.6. The molecule has 1 fully saturated rings. The zero-order valence-corrected chi connectivity index (χ0v) is 23.3. The number of hydrogen-bond donors (Lipinski definition) is 3. The molecule has 8 heteroatoms. The van der Waals surface area contributed by atoms with Crippen LogP contribution in [0.25, 0.3) is 10.9 Å². The second-order valence-corrected chi connectivity index (χ2v) is 12.4. The van der Waals surface area contributed by atoms with Gasteiger partial charge in [-0.15, -0.1) is 0 Å². The van der Waals surface area contributed by atoms with Crippen molar-refractivity contribution in [3.63, 3.8) is 0 Å².